The number of thioether (sulfide) groups is 1. The van der Waals surface area contributed by atoms with E-state index in [9.17, 15) is 0 Å². The van der Waals surface area contributed by atoms with Gasteiger partial charge in [0.2, 0.25) is 0 Å². The summed E-state index contributed by atoms with van der Waals surface area (Å²) in [6.45, 7) is 2.75. The highest BCUT2D eigenvalue weighted by atomic mass is 32.2. The molecular weight excluding hydrogens is 342 g/mol. The number of aliphatic carboxylic acids is 2. The molecule has 0 amide bonds. The summed E-state index contributed by atoms with van der Waals surface area (Å²) in [6.07, 6.45) is 5.40. The lowest BCUT2D eigenvalue weighted by molar-refractivity contribution is -0.159. The molecule has 0 fully saturated rings. The number of carbonyl (C=O) groups is 2. The van der Waals surface area contributed by atoms with Crippen molar-refractivity contribution in [3.8, 4) is 5.88 Å². The second-order valence-corrected chi connectivity index (χ2v) is 6.14. The van der Waals surface area contributed by atoms with E-state index in [-0.39, 0.29) is 0 Å². The van der Waals surface area contributed by atoms with Crippen LogP contribution in [0.15, 0.2) is 6.08 Å². The minimum Gasteiger partial charge on any atom is -0.475 e. The molecule has 10 heteroatoms. The summed E-state index contributed by atoms with van der Waals surface area (Å²) < 4.78 is 14.2. The molecule has 1 aromatic rings. The van der Waals surface area contributed by atoms with Crippen molar-refractivity contribution in [2.45, 2.75) is 6.42 Å². The third-order valence-electron chi connectivity index (χ3n) is 2.81. The smallest absolute Gasteiger partial charge is 0.414 e. The van der Waals surface area contributed by atoms with Gasteiger partial charge in [-0.2, -0.15) is 16.1 Å². The number of carboxylic acids is 2. The number of hydrogen-bond acceptors (Lipinski definition) is 8. The standard InChI is InChI=1S/C11H17N3OS2.C2H2O4/c1-14-5-3-4-9(8-14)10-11(13-17-12-10)15-6-7-16-2;3-1(4)2(5)6/h4H,3,5-8H2,1-2H3;(H,3,4)(H,5,6). The molecule has 1 aromatic heterocycles. The Bertz CT molecular complexity index is 550. The van der Waals surface area contributed by atoms with Crippen LogP contribution in [0.2, 0.25) is 0 Å². The van der Waals surface area contributed by atoms with Crippen molar-refractivity contribution in [3.05, 3.63) is 11.8 Å². The number of nitrogens with zero attached hydrogens (tertiary/aromatic N) is 3. The molecule has 128 valence electrons. The minimum absolute atomic E-state index is 0.697. The molecule has 0 unspecified atom stereocenters. The van der Waals surface area contributed by atoms with Crippen molar-refractivity contribution in [3.63, 3.8) is 0 Å². The highest BCUT2D eigenvalue weighted by Gasteiger charge is 2.18. The van der Waals surface area contributed by atoms with Crippen molar-refractivity contribution < 1.29 is 24.5 Å². The normalized spacial score (nSPS) is 14.4. The van der Waals surface area contributed by atoms with Crippen LogP contribution in [-0.4, -0.2) is 74.6 Å². The van der Waals surface area contributed by atoms with Gasteiger partial charge in [0.05, 0.1) is 18.3 Å². The largest absolute Gasteiger partial charge is 0.475 e. The fraction of sp³-hybridized carbons (Fsp3) is 0.538. The van der Waals surface area contributed by atoms with Crippen LogP contribution >= 0.6 is 23.5 Å². The first-order valence-electron chi connectivity index (χ1n) is 6.74. The van der Waals surface area contributed by atoms with Gasteiger partial charge in [-0.15, -0.1) is 4.37 Å². The molecular formula is C13H19N3O5S2. The molecule has 2 heterocycles. The summed E-state index contributed by atoms with van der Waals surface area (Å²) in [5.41, 5.74) is 2.18. The fourth-order valence-electron chi connectivity index (χ4n) is 1.76. The van der Waals surface area contributed by atoms with Gasteiger partial charge in [0.1, 0.15) is 5.69 Å². The molecule has 1 aliphatic rings. The van der Waals surface area contributed by atoms with Crippen molar-refractivity contribution in [1.82, 2.24) is 13.6 Å². The zero-order valence-electron chi connectivity index (χ0n) is 12.9. The lowest BCUT2D eigenvalue weighted by Gasteiger charge is -2.22. The van der Waals surface area contributed by atoms with Crippen LogP contribution in [-0.2, 0) is 9.59 Å². The molecule has 0 atom stereocenters. The van der Waals surface area contributed by atoms with Gasteiger partial charge in [-0.05, 0) is 25.3 Å². The van der Waals surface area contributed by atoms with Gasteiger partial charge in [-0.3, -0.25) is 0 Å². The predicted octanol–water partition coefficient (Wildman–Crippen LogP) is 1.15. The van der Waals surface area contributed by atoms with Crippen LogP contribution in [0.5, 0.6) is 5.88 Å². The van der Waals surface area contributed by atoms with Crippen molar-refractivity contribution >= 4 is 41.0 Å². The van der Waals surface area contributed by atoms with Gasteiger partial charge in [0.25, 0.3) is 5.88 Å². The van der Waals surface area contributed by atoms with Gasteiger partial charge < -0.3 is 19.8 Å². The molecule has 0 saturated carbocycles. The Hall–Kier alpha value is -1.65. The second-order valence-electron chi connectivity index (χ2n) is 4.63. The van der Waals surface area contributed by atoms with E-state index in [1.807, 2.05) is 0 Å². The molecule has 0 radical (unpaired) electrons. The van der Waals surface area contributed by atoms with Crippen LogP contribution in [0.3, 0.4) is 0 Å². The first-order chi connectivity index (χ1) is 11.0. The fourth-order valence-corrected chi connectivity index (χ4v) is 2.54. The van der Waals surface area contributed by atoms with Crippen LogP contribution in [0.25, 0.3) is 5.57 Å². The molecule has 8 nitrogen and oxygen atoms in total. The second kappa shape index (κ2) is 10.2. The number of carboxylic acid groups (broad SMARTS) is 2. The number of rotatable bonds is 5. The lowest BCUT2D eigenvalue weighted by Crippen LogP contribution is -2.25. The average molecular weight is 361 g/mol. The van der Waals surface area contributed by atoms with E-state index in [4.69, 9.17) is 24.5 Å². The van der Waals surface area contributed by atoms with Gasteiger partial charge in [0.15, 0.2) is 0 Å². The van der Waals surface area contributed by atoms with E-state index in [0.29, 0.717) is 12.5 Å². The van der Waals surface area contributed by atoms with Crippen LogP contribution in [0.1, 0.15) is 12.1 Å². The first kappa shape index (κ1) is 19.4. The van der Waals surface area contributed by atoms with E-state index >= 15 is 0 Å². The third-order valence-corrected chi connectivity index (χ3v) is 3.90. The lowest BCUT2D eigenvalue weighted by atomic mass is 10.1. The zero-order chi connectivity index (χ0) is 17.2. The molecule has 0 aliphatic carbocycles. The predicted molar refractivity (Wildman–Crippen MR) is 89.1 cm³/mol. The van der Waals surface area contributed by atoms with Gasteiger partial charge in [-0.1, -0.05) is 6.08 Å². The highest BCUT2D eigenvalue weighted by molar-refractivity contribution is 7.98. The maximum atomic E-state index is 9.10. The van der Waals surface area contributed by atoms with Gasteiger partial charge in [-0.25, -0.2) is 9.59 Å². The highest BCUT2D eigenvalue weighted by Crippen LogP contribution is 2.26. The maximum absolute atomic E-state index is 9.10. The Labute approximate surface area is 142 Å². The summed E-state index contributed by atoms with van der Waals surface area (Å²) in [6, 6.07) is 0. The topological polar surface area (TPSA) is 113 Å². The summed E-state index contributed by atoms with van der Waals surface area (Å²) in [5.74, 6) is -1.97. The molecule has 0 aromatic carbocycles. The molecule has 0 spiro atoms. The van der Waals surface area contributed by atoms with Crippen molar-refractivity contribution in [2.75, 3.05) is 38.8 Å². The average Bonchev–Trinajstić information content (AvgIpc) is 2.96. The van der Waals surface area contributed by atoms with Gasteiger partial charge in [0, 0.05) is 18.8 Å². The first-order valence-corrected chi connectivity index (χ1v) is 8.86. The zero-order valence-corrected chi connectivity index (χ0v) is 14.5. The quantitative estimate of drug-likeness (QED) is 0.589. The Kier molecular flexibility index (Phi) is 8.59. The minimum atomic E-state index is -1.82. The molecule has 0 saturated heterocycles. The summed E-state index contributed by atoms with van der Waals surface area (Å²) >= 11 is 3.00. The van der Waals surface area contributed by atoms with Crippen molar-refractivity contribution in [2.24, 2.45) is 0 Å². The number of hydrogen-bond donors (Lipinski definition) is 2. The molecule has 1 aliphatic heterocycles. The molecule has 2 N–H and O–H groups in total. The van der Waals surface area contributed by atoms with Crippen LogP contribution in [0.4, 0.5) is 0 Å². The van der Waals surface area contributed by atoms with E-state index < -0.39 is 11.9 Å². The van der Waals surface area contributed by atoms with Crippen molar-refractivity contribution in [1.29, 1.82) is 0 Å². The SMILES string of the molecule is CSCCOc1nsnc1C1=CCCN(C)C1.O=C(O)C(=O)O. The molecule has 2 rings (SSSR count). The Balaban J connectivity index is 0.000000379. The monoisotopic (exact) mass is 361 g/mol. The van der Waals surface area contributed by atoms with E-state index in [1.165, 1.54) is 17.3 Å². The number of likely N-dealkylation sites (N-methyl/N-ethyl adjacent to an activating group) is 1. The molecule has 0 bridgehead atoms. The summed E-state index contributed by atoms with van der Waals surface area (Å²) in [5, 5.41) is 14.8. The summed E-state index contributed by atoms with van der Waals surface area (Å²) in [4.78, 5) is 20.5. The maximum Gasteiger partial charge on any atom is 0.414 e. The van der Waals surface area contributed by atoms with Crippen LogP contribution < -0.4 is 4.74 Å². The number of ether oxygens (including phenoxy) is 1. The van der Waals surface area contributed by atoms with Crippen LogP contribution in [0, 0.1) is 0 Å². The Morgan fingerprint density at radius 1 is 1.39 bits per heavy atom. The third kappa shape index (κ3) is 6.97. The number of aromatic nitrogens is 2. The van der Waals surface area contributed by atoms with Gasteiger partial charge >= 0.3 is 11.9 Å². The van der Waals surface area contributed by atoms with E-state index in [0.717, 1.165) is 31.0 Å². The van der Waals surface area contributed by atoms with E-state index in [2.05, 4.69) is 33.0 Å². The Morgan fingerprint density at radius 3 is 2.65 bits per heavy atom. The van der Waals surface area contributed by atoms with E-state index in [1.54, 1.807) is 11.8 Å². The Morgan fingerprint density at radius 2 is 2.09 bits per heavy atom. The molecule has 23 heavy (non-hydrogen) atoms. The summed E-state index contributed by atoms with van der Waals surface area (Å²) in [7, 11) is 2.13.